The summed E-state index contributed by atoms with van der Waals surface area (Å²) < 4.78 is 50.6. The van der Waals surface area contributed by atoms with E-state index in [4.69, 9.17) is 34.2 Å². The molecule has 0 atom stereocenters. The van der Waals surface area contributed by atoms with Crippen LogP contribution in [0, 0.1) is 0 Å². The molecule has 0 aliphatic carbocycles. The molecule has 1 aliphatic heterocycles. The van der Waals surface area contributed by atoms with Gasteiger partial charge in [0.15, 0.2) is 8.32 Å². The summed E-state index contributed by atoms with van der Waals surface area (Å²) in [6, 6.07) is 4.39. The molecule has 0 N–H and O–H groups in total. The van der Waals surface area contributed by atoms with Gasteiger partial charge in [0.05, 0.1) is 9.52 Å². The van der Waals surface area contributed by atoms with Gasteiger partial charge in [-0.25, -0.2) is 0 Å². The molecule has 0 unspecified atom stereocenters. The van der Waals surface area contributed by atoms with Crippen LogP contribution >= 0.6 is 0 Å². The Morgan fingerprint density at radius 2 is 1.18 bits per heavy atom. The highest BCUT2D eigenvalue weighted by Crippen LogP contribution is 2.37. The van der Waals surface area contributed by atoms with Gasteiger partial charge in [0.2, 0.25) is 0 Å². The van der Waals surface area contributed by atoms with Gasteiger partial charge in [-0.15, -0.1) is 6.58 Å². The molecule has 1 aliphatic rings. The Hall–Kier alpha value is 0.938. The number of allylic oxidation sites excluding steroid dienone is 1. The van der Waals surface area contributed by atoms with Crippen molar-refractivity contribution in [2.24, 2.45) is 0 Å². The van der Waals surface area contributed by atoms with Gasteiger partial charge in [-0.3, -0.25) is 0 Å². The fraction of sp³-hybridized carbons (Fsp3) is 0.895. The van der Waals surface area contributed by atoms with E-state index in [1.54, 1.807) is 21.3 Å². The van der Waals surface area contributed by atoms with E-state index in [-0.39, 0.29) is 9.52 Å². The van der Waals surface area contributed by atoms with Gasteiger partial charge in [-0.05, 0) is 76.6 Å². The third kappa shape index (κ3) is 11.1. The fourth-order valence-corrected chi connectivity index (χ4v) is 36.7. The molecular formula is C19H50O8Si7. The van der Waals surface area contributed by atoms with E-state index < -0.39 is 51.4 Å². The van der Waals surface area contributed by atoms with E-state index in [9.17, 15) is 0 Å². The molecule has 8 nitrogen and oxygen atoms in total. The lowest BCUT2D eigenvalue weighted by atomic mass is 10.8. The maximum atomic E-state index is 6.85. The predicted molar refractivity (Wildman–Crippen MR) is 156 cm³/mol. The minimum atomic E-state index is -2.73. The summed E-state index contributed by atoms with van der Waals surface area (Å²) >= 11 is 0. The Labute approximate surface area is 217 Å². The third-order valence-corrected chi connectivity index (χ3v) is 30.9. The molecule has 0 radical (unpaired) electrons. The molecule has 34 heavy (non-hydrogen) atoms. The van der Waals surface area contributed by atoms with Crippen LogP contribution in [0.15, 0.2) is 12.7 Å². The largest absolute Gasteiger partial charge is 0.500 e. The molecule has 1 fully saturated rings. The highest BCUT2D eigenvalue weighted by molar-refractivity contribution is 6.94. The van der Waals surface area contributed by atoms with Crippen LogP contribution in [0.1, 0.15) is 0 Å². The molecule has 15 heteroatoms. The predicted octanol–water partition coefficient (Wildman–Crippen LogP) is 4.44. The lowest BCUT2D eigenvalue weighted by molar-refractivity contribution is 0.124. The number of rotatable bonds is 14. The summed E-state index contributed by atoms with van der Waals surface area (Å²) in [5.74, 6) is 0. The second-order valence-corrected chi connectivity index (χ2v) is 34.3. The lowest BCUT2D eigenvalue weighted by Gasteiger charge is -2.49. The number of hydrogen-bond donors (Lipinski definition) is 0. The van der Waals surface area contributed by atoms with Crippen molar-refractivity contribution in [2.75, 3.05) is 27.6 Å². The van der Waals surface area contributed by atoms with Crippen molar-refractivity contribution in [3.8, 4) is 0 Å². The third-order valence-electron chi connectivity index (χ3n) is 5.89. The molecule has 0 saturated carbocycles. The van der Waals surface area contributed by atoms with Crippen molar-refractivity contribution in [2.45, 2.75) is 82.6 Å². The van der Waals surface area contributed by atoms with Crippen molar-refractivity contribution in [1.29, 1.82) is 0 Å². The van der Waals surface area contributed by atoms with E-state index in [0.717, 1.165) is 24.4 Å². The second kappa shape index (κ2) is 13.1. The summed E-state index contributed by atoms with van der Waals surface area (Å²) in [4.78, 5) is 0. The van der Waals surface area contributed by atoms with Gasteiger partial charge in [0.25, 0.3) is 0 Å². The van der Waals surface area contributed by atoms with Gasteiger partial charge in [-0.2, -0.15) is 0 Å². The fourth-order valence-electron chi connectivity index (χ4n) is 4.48. The highest BCUT2D eigenvalue weighted by Gasteiger charge is 2.55. The summed E-state index contributed by atoms with van der Waals surface area (Å²) in [5.41, 5.74) is 0. The molecule has 1 rings (SSSR count). The first kappa shape index (κ1) is 33.0. The first-order valence-corrected chi connectivity index (χ1v) is 29.9. The minimum Gasteiger partial charge on any atom is -0.421 e. The van der Waals surface area contributed by atoms with E-state index >= 15 is 0 Å². The molecule has 0 aromatic carbocycles. The van der Waals surface area contributed by atoms with Crippen molar-refractivity contribution in [1.82, 2.24) is 0 Å². The summed E-state index contributed by atoms with van der Waals surface area (Å²) in [7, 11) is -9.96. The first-order chi connectivity index (χ1) is 15.5. The highest BCUT2D eigenvalue weighted by atomic mass is 28.5. The zero-order valence-electron chi connectivity index (χ0n) is 23.5. The van der Waals surface area contributed by atoms with Crippen LogP contribution in [0.4, 0.5) is 0 Å². The van der Waals surface area contributed by atoms with Crippen molar-refractivity contribution in [3.63, 3.8) is 0 Å². The van der Waals surface area contributed by atoms with Crippen LogP contribution in [-0.4, -0.2) is 88.4 Å². The van der Waals surface area contributed by atoms with Gasteiger partial charge in [0, 0.05) is 33.6 Å². The van der Waals surface area contributed by atoms with Crippen molar-refractivity contribution >= 4 is 60.9 Å². The maximum Gasteiger partial charge on any atom is 0.500 e. The smallest absolute Gasteiger partial charge is 0.421 e. The zero-order chi connectivity index (χ0) is 26.3. The Bertz CT molecular complexity index is 618. The van der Waals surface area contributed by atoms with Gasteiger partial charge in [-0.1, -0.05) is 6.08 Å². The van der Waals surface area contributed by atoms with Crippen LogP contribution in [0.3, 0.4) is 0 Å². The van der Waals surface area contributed by atoms with Crippen LogP contribution in [-0.2, 0) is 34.2 Å². The van der Waals surface area contributed by atoms with E-state index in [0.29, 0.717) is 12.1 Å². The molecule has 0 amide bonds. The molecule has 0 bridgehead atoms. The molecule has 1 heterocycles. The molecule has 0 aromatic heterocycles. The Balaban J connectivity index is 2.96. The molecule has 0 aromatic rings. The van der Waals surface area contributed by atoms with Crippen LogP contribution < -0.4 is 0 Å². The summed E-state index contributed by atoms with van der Waals surface area (Å²) in [6.45, 7) is 21.2. The van der Waals surface area contributed by atoms with Crippen molar-refractivity contribution in [3.05, 3.63) is 12.7 Å². The maximum absolute atomic E-state index is 6.85. The molecule has 202 valence electrons. The van der Waals surface area contributed by atoms with E-state index in [1.165, 1.54) is 0 Å². The Kier molecular flexibility index (Phi) is 12.7. The Morgan fingerprint density at radius 1 is 0.765 bits per heavy atom. The average Bonchev–Trinajstić information content (AvgIpc) is 2.69. The SMILES string of the molecule is C=CC[SiH2]CO[Si](C)(C)CC[Si]1(C)O[Si](C)(C)O[Si](C)(CC[Si](OC)(OC)OC)O[Si](C)(C)O1. The molecule has 1 saturated heterocycles. The first-order valence-electron chi connectivity index (χ1n) is 12.2. The standard InChI is InChI=1S/C19H50O8Si7/c1-13-14-28-19-23-29(5,6)15-16-32(11)24-30(7,8)26-33(12,27-31(9,10)25-32)17-18-34(20-2,21-3)22-4/h13H,1,14-19,28H2,2-12H3. The van der Waals surface area contributed by atoms with Crippen LogP contribution in [0.25, 0.3) is 0 Å². The van der Waals surface area contributed by atoms with E-state index in [2.05, 4.69) is 59.0 Å². The van der Waals surface area contributed by atoms with Gasteiger partial charge >= 0.3 is 43.0 Å². The van der Waals surface area contributed by atoms with Crippen LogP contribution in [0.5, 0.6) is 0 Å². The molecular weight excluding hydrogens is 553 g/mol. The quantitative estimate of drug-likeness (QED) is 0.164. The van der Waals surface area contributed by atoms with Gasteiger partial charge in [0.1, 0.15) is 0 Å². The normalized spacial score (nSPS) is 28.1. The Morgan fingerprint density at radius 3 is 1.56 bits per heavy atom. The van der Waals surface area contributed by atoms with Crippen LogP contribution in [0.2, 0.25) is 82.6 Å². The minimum absolute atomic E-state index is 0.206. The van der Waals surface area contributed by atoms with Gasteiger partial charge < -0.3 is 34.2 Å². The monoisotopic (exact) mass is 602 g/mol. The topological polar surface area (TPSA) is 73.8 Å². The average molecular weight is 603 g/mol. The second-order valence-electron chi connectivity index (χ2n) is 10.8. The van der Waals surface area contributed by atoms with Crippen molar-refractivity contribution < 1.29 is 34.2 Å². The lowest BCUT2D eigenvalue weighted by Crippen LogP contribution is -2.66. The van der Waals surface area contributed by atoms with E-state index in [1.807, 2.05) is 6.08 Å². The zero-order valence-corrected chi connectivity index (χ0v) is 30.9. The molecule has 0 spiro atoms. The summed E-state index contributed by atoms with van der Waals surface area (Å²) in [6.07, 6.45) is 2.93. The summed E-state index contributed by atoms with van der Waals surface area (Å²) in [5, 5.41) is 0. The number of hydrogen-bond acceptors (Lipinski definition) is 8.